The van der Waals surface area contributed by atoms with E-state index in [1.165, 1.54) is 6.42 Å². The van der Waals surface area contributed by atoms with Crippen LogP contribution in [0.5, 0.6) is 5.75 Å². The van der Waals surface area contributed by atoms with Crippen molar-refractivity contribution in [3.63, 3.8) is 0 Å². The van der Waals surface area contributed by atoms with Gasteiger partial charge in [-0.05, 0) is 52.9 Å². The molecule has 1 aliphatic heterocycles. The zero-order valence-corrected chi connectivity index (χ0v) is 11.3. The van der Waals surface area contributed by atoms with Crippen molar-refractivity contribution in [2.45, 2.75) is 32.0 Å². The number of hydrogen-bond acceptors (Lipinski definition) is 3. The quantitative estimate of drug-likeness (QED) is 0.929. The van der Waals surface area contributed by atoms with Gasteiger partial charge in [-0.25, -0.2) is 0 Å². The third kappa shape index (κ3) is 3.69. The van der Waals surface area contributed by atoms with Gasteiger partial charge in [-0.1, -0.05) is 6.07 Å². The normalized spacial score (nSPS) is 20.2. The minimum atomic E-state index is 0.0462. The summed E-state index contributed by atoms with van der Waals surface area (Å²) in [4.78, 5) is 0. The van der Waals surface area contributed by atoms with Crippen molar-refractivity contribution in [3.05, 3.63) is 28.2 Å². The number of halogens is 1. The number of rotatable bonds is 4. The van der Waals surface area contributed by atoms with Gasteiger partial charge in [-0.3, -0.25) is 0 Å². The third-order valence-electron chi connectivity index (χ3n) is 2.88. The van der Waals surface area contributed by atoms with E-state index in [2.05, 4.69) is 15.9 Å². The lowest BCUT2D eigenvalue weighted by atomic mass is 10.1. The maximum atomic E-state index is 9.01. The van der Waals surface area contributed by atoms with Crippen LogP contribution in [0.25, 0.3) is 0 Å². The van der Waals surface area contributed by atoms with Crippen molar-refractivity contribution in [1.82, 2.24) is 0 Å². The summed E-state index contributed by atoms with van der Waals surface area (Å²) >= 11 is 3.44. The summed E-state index contributed by atoms with van der Waals surface area (Å²) < 4.78 is 12.2. The molecule has 0 spiro atoms. The Morgan fingerprint density at radius 2 is 2.29 bits per heavy atom. The molecule has 2 rings (SSSR count). The highest BCUT2D eigenvalue weighted by Crippen LogP contribution is 2.26. The fraction of sp³-hybridized carbons (Fsp3) is 0.538. The van der Waals surface area contributed by atoms with Crippen molar-refractivity contribution >= 4 is 15.9 Å². The molecule has 1 heterocycles. The van der Waals surface area contributed by atoms with Crippen LogP contribution in [0.2, 0.25) is 0 Å². The molecular weight excluding hydrogens is 284 g/mol. The number of aliphatic hydroxyl groups is 1. The number of ether oxygens (including phenoxy) is 2. The largest absolute Gasteiger partial charge is 0.490 e. The second-order valence-corrected chi connectivity index (χ2v) is 5.08. The summed E-state index contributed by atoms with van der Waals surface area (Å²) in [5, 5.41) is 9.01. The topological polar surface area (TPSA) is 38.7 Å². The summed E-state index contributed by atoms with van der Waals surface area (Å²) in [5.74, 6) is 0.802. The van der Waals surface area contributed by atoms with Crippen molar-refractivity contribution < 1.29 is 14.6 Å². The highest BCUT2D eigenvalue weighted by molar-refractivity contribution is 9.10. The SMILES string of the molecule is OCc1ccc(OCC2CCCCO2)c(Br)c1. The van der Waals surface area contributed by atoms with Gasteiger partial charge in [0.15, 0.2) is 0 Å². The van der Waals surface area contributed by atoms with Crippen LogP contribution in [0.1, 0.15) is 24.8 Å². The molecule has 1 aliphatic rings. The Labute approximate surface area is 110 Å². The lowest BCUT2D eigenvalue weighted by Gasteiger charge is -2.22. The van der Waals surface area contributed by atoms with Gasteiger partial charge < -0.3 is 14.6 Å². The molecule has 3 nitrogen and oxygen atoms in total. The average molecular weight is 301 g/mol. The van der Waals surface area contributed by atoms with E-state index in [0.717, 1.165) is 35.2 Å². The first kappa shape index (κ1) is 12.9. The Hall–Kier alpha value is -0.580. The van der Waals surface area contributed by atoms with Gasteiger partial charge in [-0.15, -0.1) is 0 Å². The molecule has 1 unspecified atom stereocenters. The molecule has 0 bridgehead atoms. The Balaban J connectivity index is 1.89. The van der Waals surface area contributed by atoms with Crippen LogP contribution in [0.15, 0.2) is 22.7 Å². The van der Waals surface area contributed by atoms with E-state index in [1.807, 2.05) is 18.2 Å². The van der Waals surface area contributed by atoms with E-state index in [-0.39, 0.29) is 12.7 Å². The zero-order chi connectivity index (χ0) is 12.1. The Kier molecular flexibility index (Phi) is 4.83. The van der Waals surface area contributed by atoms with Gasteiger partial charge >= 0.3 is 0 Å². The molecule has 1 aromatic carbocycles. The number of hydrogen-bond donors (Lipinski definition) is 1. The molecule has 0 aliphatic carbocycles. The van der Waals surface area contributed by atoms with Crippen LogP contribution < -0.4 is 4.74 Å². The molecule has 1 N–H and O–H groups in total. The molecule has 1 aromatic rings. The van der Waals surface area contributed by atoms with Crippen molar-refractivity contribution in [2.24, 2.45) is 0 Å². The smallest absolute Gasteiger partial charge is 0.133 e. The molecule has 0 radical (unpaired) electrons. The van der Waals surface area contributed by atoms with Crippen LogP contribution in [0.3, 0.4) is 0 Å². The van der Waals surface area contributed by atoms with Gasteiger partial charge in [0, 0.05) is 6.61 Å². The lowest BCUT2D eigenvalue weighted by Crippen LogP contribution is -2.25. The molecule has 0 saturated carbocycles. The highest BCUT2D eigenvalue weighted by Gasteiger charge is 2.15. The average Bonchev–Trinajstić information content (AvgIpc) is 2.38. The summed E-state index contributed by atoms with van der Waals surface area (Å²) in [6.45, 7) is 1.49. The minimum Gasteiger partial charge on any atom is -0.490 e. The molecule has 94 valence electrons. The van der Waals surface area contributed by atoms with Gasteiger partial charge in [0.1, 0.15) is 12.4 Å². The van der Waals surface area contributed by atoms with Gasteiger partial charge in [0.2, 0.25) is 0 Å². The van der Waals surface area contributed by atoms with Gasteiger partial charge in [0.25, 0.3) is 0 Å². The maximum Gasteiger partial charge on any atom is 0.133 e. The molecule has 1 atom stereocenters. The fourth-order valence-corrected chi connectivity index (χ4v) is 2.42. The first-order chi connectivity index (χ1) is 8.29. The third-order valence-corrected chi connectivity index (χ3v) is 3.50. The standard InChI is InChI=1S/C13H17BrO3/c14-12-7-10(8-15)4-5-13(12)17-9-11-3-1-2-6-16-11/h4-5,7,11,15H,1-3,6,8-9H2. The van der Waals surface area contributed by atoms with E-state index >= 15 is 0 Å². The van der Waals surface area contributed by atoms with Crippen LogP contribution in [-0.4, -0.2) is 24.4 Å². The zero-order valence-electron chi connectivity index (χ0n) is 9.69. The monoisotopic (exact) mass is 300 g/mol. The summed E-state index contributed by atoms with van der Waals surface area (Å²) in [7, 11) is 0. The van der Waals surface area contributed by atoms with Gasteiger partial charge in [0.05, 0.1) is 17.2 Å². The molecule has 1 fully saturated rings. The van der Waals surface area contributed by atoms with E-state index in [4.69, 9.17) is 14.6 Å². The summed E-state index contributed by atoms with van der Waals surface area (Å²) in [6.07, 6.45) is 3.67. The highest BCUT2D eigenvalue weighted by atomic mass is 79.9. The van der Waals surface area contributed by atoms with E-state index < -0.39 is 0 Å². The molecular formula is C13H17BrO3. The molecule has 1 saturated heterocycles. The second kappa shape index (κ2) is 6.38. The number of benzene rings is 1. The van der Waals surface area contributed by atoms with E-state index in [0.29, 0.717) is 6.61 Å². The van der Waals surface area contributed by atoms with E-state index in [1.54, 1.807) is 0 Å². The van der Waals surface area contributed by atoms with Crippen molar-refractivity contribution in [3.8, 4) is 5.75 Å². The first-order valence-corrected chi connectivity index (χ1v) is 6.72. The minimum absolute atomic E-state index is 0.0462. The predicted molar refractivity (Wildman–Crippen MR) is 69.2 cm³/mol. The van der Waals surface area contributed by atoms with Crippen LogP contribution in [-0.2, 0) is 11.3 Å². The molecule has 4 heteroatoms. The van der Waals surface area contributed by atoms with Crippen LogP contribution >= 0.6 is 15.9 Å². The number of aliphatic hydroxyl groups excluding tert-OH is 1. The van der Waals surface area contributed by atoms with Crippen molar-refractivity contribution in [2.75, 3.05) is 13.2 Å². The summed E-state index contributed by atoms with van der Waals surface area (Å²) in [6, 6.07) is 5.61. The Morgan fingerprint density at radius 1 is 1.41 bits per heavy atom. The predicted octanol–water partition coefficient (Wildman–Crippen LogP) is 2.89. The van der Waals surface area contributed by atoms with Crippen molar-refractivity contribution in [1.29, 1.82) is 0 Å². The molecule has 17 heavy (non-hydrogen) atoms. The van der Waals surface area contributed by atoms with Crippen LogP contribution in [0.4, 0.5) is 0 Å². The maximum absolute atomic E-state index is 9.01. The van der Waals surface area contributed by atoms with Gasteiger partial charge in [-0.2, -0.15) is 0 Å². The molecule has 0 aromatic heterocycles. The first-order valence-electron chi connectivity index (χ1n) is 5.93. The summed E-state index contributed by atoms with van der Waals surface area (Å²) in [5.41, 5.74) is 0.873. The van der Waals surface area contributed by atoms with E-state index in [9.17, 15) is 0 Å². The molecule has 0 amide bonds. The Morgan fingerprint density at radius 3 is 2.94 bits per heavy atom. The lowest BCUT2D eigenvalue weighted by molar-refractivity contribution is -0.0112. The Bertz CT molecular complexity index is 362. The van der Waals surface area contributed by atoms with Crippen LogP contribution in [0, 0.1) is 0 Å². The fourth-order valence-electron chi connectivity index (χ4n) is 1.88. The second-order valence-electron chi connectivity index (χ2n) is 4.22.